The van der Waals surface area contributed by atoms with E-state index in [0.29, 0.717) is 10.7 Å². The Kier molecular flexibility index (Phi) is 9.87. The van der Waals surface area contributed by atoms with Gasteiger partial charge in [-0.1, -0.05) is 23.6 Å². The van der Waals surface area contributed by atoms with Gasteiger partial charge in [-0.05, 0) is 74.4 Å². The van der Waals surface area contributed by atoms with Crippen LogP contribution in [0.25, 0.3) is 22.0 Å². The number of aryl methyl sites for hydroxylation is 1. The van der Waals surface area contributed by atoms with Gasteiger partial charge < -0.3 is 10.8 Å². The van der Waals surface area contributed by atoms with E-state index in [1.54, 1.807) is 0 Å². The zero-order valence-corrected chi connectivity index (χ0v) is 32.0. The van der Waals surface area contributed by atoms with Crippen molar-refractivity contribution in [3.05, 3.63) is 93.0 Å². The molecule has 12 nitrogen and oxygen atoms in total. The molecule has 0 radical (unpaired) electrons. The molecule has 1 amide bonds. The molecular weight excluding hydrogens is 802 g/mol. The van der Waals surface area contributed by atoms with Crippen LogP contribution in [0.1, 0.15) is 78.5 Å². The van der Waals surface area contributed by atoms with Gasteiger partial charge in [-0.2, -0.15) is 27.4 Å². The number of nitrogens with one attached hydrogen (secondary N) is 2. The number of aliphatic hydroxyl groups is 1. The van der Waals surface area contributed by atoms with Gasteiger partial charge in [0.15, 0.2) is 5.82 Å². The second-order valence-corrected chi connectivity index (χ2v) is 16.5. The third-order valence-electron chi connectivity index (χ3n) is 9.94. The molecule has 1 saturated carbocycles. The molecule has 0 aliphatic heterocycles. The van der Waals surface area contributed by atoms with Crippen molar-refractivity contribution in [1.29, 1.82) is 0 Å². The lowest BCUT2D eigenvalue weighted by Crippen LogP contribution is -2.37. The van der Waals surface area contributed by atoms with E-state index >= 15 is 8.78 Å². The zero-order valence-electron chi connectivity index (χ0n) is 30.4. The molecule has 7 rings (SSSR count). The number of hydrogen-bond donors (Lipinski definition) is 4. The minimum Gasteiger partial charge on any atom is -0.378 e. The van der Waals surface area contributed by atoms with Crippen molar-refractivity contribution in [2.24, 2.45) is 18.7 Å². The Labute approximate surface area is 326 Å². The standard InChI is InChI=1S/C37H33ClF6N8O4S/c1-36(2,54)10-9-19-5-6-20(21-7-8-25(38)27-30(21)51(4)49-35(27)50-57(55,56)46-3)28(47-19)23(13-16-11-17(39)14-18(40)12-16)31(34(45)53)52-32-26(29(48-52)33(41)42)22-15-24(22)37(32,43)44/h5-8,11-12,14,22-24,31,33,46,54H,13,15H2,1-4H3,(H2,45,53)(H,49,50)/t22-,23+,24+,31?/m0/s1. The molecule has 5 N–H and O–H groups in total. The number of fused-ring (bicyclic) bond motifs is 4. The Morgan fingerprint density at radius 2 is 1.77 bits per heavy atom. The fraction of sp³-hybridized carbons (Fsp3) is 0.351. The van der Waals surface area contributed by atoms with Crippen LogP contribution >= 0.6 is 11.6 Å². The number of carbonyl (C=O) groups excluding carboxylic acids is 1. The summed E-state index contributed by atoms with van der Waals surface area (Å²) >= 11 is 6.61. The maximum absolute atomic E-state index is 16.1. The molecule has 1 fully saturated rings. The van der Waals surface area contributed by atoms with Crippen LogP contribution in [0.3, 0.4) is 0 Å². The van der Waals surface area contributed by atoms with Crippen LogP contribution in [-0.2, 0) is 34.4 Å². The van der Waals surface area contributed by atoms with Gasteiger partial charge in [-0.3, -0.25) is 14.2 Å². The third kappa shape index (κ3) is 7.31. The number of pyridine rings is 1. The van der Waals surface area contributed by atoms with Crippen LogP contribution in [0.15, 0.2) is 42.5 Å². The molecule has 3 heterocycles. The Bertz CT molecular complexity index is 2630. The zero-order chi connectivity index (χ0) is 41.5. The van der Waals surface area contributed by atoms with Crippen LogP contribution in [0.5, 0.6) is 0 Å². The van der Waals surface area contributed by atoms with Crippen LogP contribution in [-0.4, -0.2) is 56.6 Å². The van der Waals surface area contributed by atoms with E-state index in [2.05, 4.69) is 31.5 Å². The number of anilines is 1. The second kappa shape index (κ2) is 14.0. The average Bonchev–Trinajstić information content (AvgIpc) is 3.64. The number of carbonyl (C=O) groups is 1. The minimum absolute atomic E-state index is 0.0299. The van der Waals surface area contributed by atoms with Crippen molar-refractivity contribution < 1.29 is 44.7 Å². The number of nitrogens with two attached hydrogens (primary N) is 1. The van der Waals surface area contributed by atoms with Crippen molar-refractivity contribution in [2.45, 2.75) is 62.5 Å². The summed E-state index contributed by atoms with van der Waals surface area (Å²) in [6, 6.07) is 6.26. The Morgan fingerprint density at radius 1 is 1.11 bits per heavy atom. The number of hydrogen-bond acceptors (Lipinski definition) is 7. The van der Waals surface area contributed by atoms with E-state index in [0.717, 1.165) is 12.1 Å². The maximum atomic E-state index is 16.1. The number of benzene rings is 2. The van der Waals surface area contributed by atoms with Gasteiger partial charge >= 0.3 is 0 Å². The first-order valence-corrected chi connectivity index (χ1v) is 19.1. The highest BCUT2D eigenvalue weighted by Crippen LogP contribution is 2.68. The quantitative estimate of drug-likeness (QED) is 0.0940. The van der Waals surface area contributed by atoms with E-state index in [1.807, 2.05) is 0 Å². The molecule has 2 aliphatic carbocycles. The predicted octanol–water partition coefficient (Wildman–Crippen LogP) is 5.96. The summed E-state index contributed by atoms with van der Waals surface area (Å²) in [6.07, 6.45) is -3.93. The number of rotatable bonds is 11. The molecule has 1 unspecified atom stereocenters. The molecule has 0 spiro atoms. The highest BCUT2D eigenvalue weighted by Gasteiger charge is 2.67. The lowest BCUT2D eigenvalue weighted by molar-refractivity contribution is -0.122. The molecule has 5 aromatic rings. The fourth-order valence-electron chi connectivity index (χ4n) is 7.56. The Hall–Kier alpha value is -5.16. The van der Waals surface area contributed by atoms with Crippen molar-refractivity contribution in [3.63, 3.8) is 0 Å². The van der Waals surface area contributed by atoms with Crippen LogP contribution < -0.4 is 15.2 Å². The van der Waals surface area contributed by atoms with Crippen LogP contribution in [0.4, 0.5) is 32.2 Å². The van der Waals surface area contributed by atoms with Gasteiger partial charge in [0.05, 0.1) is 21.6 Å². The van der Waals surface area contributed by atoms with Gasteiger partial charge in [0, 0.05) is 48.7 Å². The highest BCUT2D eigenvalue weighted by atomic mass is 35.5. The summed E-state index contributed by atoms with van der Waals surface area (Å²) in [5, 5.41) is 18.8. The summed E-state index contributed by atoms with van der Waals surface area (Å²) in [4.78, 5) is 18.5. The summed E-state index contributed by atoms with van der Waals surface area (Å²) < 4.78 is 122. The molecule has 300 valence electrons. The Morgan fingerprint density at radius 3 is 2.39 bits per heavy atom. The smallest absolute Gasteiger partial charge is 0.300 e. The van der Waals surface area contributed by atoms with Gasteiger partial charge in [0.1, 0.15) is 40.4 Å². The Balaban J connectivity index is 1.55. The summed E-state index contributed by atoms with van der Waals surface area (Å²) in [5.74, 6) is -5.76. The number of aromatic nitrogens is 5. The van der Waals surface area contributed by atoms with Gasteiger partial charge in [0.2, 0.25) is 5.91 Å². The predicted molar refractivity (Wildman–Crippen MR) is 197 cm³/mol. The summed E-state index contributed by atoms with van der Waals surface area (Å²) in [5.41, 5.74) is 2.52. The largest absolute Gasteiger partial charge is 0.378 e. The van der Waals surface area contributed by atoms with E-state index < -0.39 is 87.3 Å². The van der Waals surface area contributed by atoms with Crippen molar-refractivity contribution in [2.75, 3.05) is 11.8 Å². The van der Waals surface area contributed by atoms with Gasteiger partial charge in [-0.15, -0.1) is 0 Å². The SMILES string of the molecule is CNS(=O)(=O)Nc1nn(C)c2c(-c3ccc(C#CC(C)(C)O)nc3[C@@H](Cc3cc(F)cc(F)c3)C(C(N)=O)n3nc(C(F)F)c4c3C(F)(F)[C@@H]3C[C@H]43)ccc(Cl)c12. The molecule has 3 aromatic heterocycles. The van der Waals surface area contributed by atoms with Crippen molar-refractivity contribution >= 4 is 44.4 Å². The van der Waals surface area contributed by atoms with Crippen LogP contribution in [0.2, 0.25) is 5.02 Å². The number of primary amides is 1. The van der Waals surface area contributed by atoms with E-state index in [1.165, 1.54) is 56.9 Å². The van der Waals surface area contributed by atoms with Gasteiger partial charge in [-0.25, -0.2) is 31.9 Å². The molecule has 2 aromatic carbocycles. The maximum Gasteiger partial charge on any atom is 0.300 e. The van der Waals surface area contributed by atoms with Crippen molar-refractivity contribution in [3.8, 4) is 23.0 Å². The van der Waals surface area contributed by atoms with E-state index in [-0.39, 0.29) is 61.8 Å². The molecular formula is C37H33ClF6N8O4S. The molecule has 57 heavy (non-hydrogen) atoms. The van der Waals surface area contributed by atoms with Gasteiger partial charge in [0.25, 0.3) is 22.6 Å². The fourth-order valence-corrected chi connectivity index (χ4v) is 8.30. The molecule has 0 saturated heterocycles. The third-order valence-corrected chi connectivity index (χ3v) is 11.3. The molecule has 2 aliphatic rings. The number of amides is 1. The topological polar surface area (TPSA) is 170 Å². The minimum atomic E-state index is -4.12. The number of halogens is 7. The first-order valence-electron chi connectivity index (χ1n) is 17.3. The molecule has 4 atom stereocenters. The molecule has 20 heteroatoms. The van der Waals surface area contributed by atoms with E-state index in [9.17, 15) is 35.9 Å². The monoisotopic (exact) mass is 834 g/mol. The second-order valence-electron chi connectivity index (χ2n) is 14.4. The highest BCUT2D eigenvalue weighted by molar-refractivity contribution is 7.90. The lowest BCUT2D eigenvalue weighted by atomic mass is 9.84. The van der Waals surface area contributed by atoms with Crippen LogP contribution in [0, 0.1) is 29.4 Å². The molecule has 0 bridgehead atoms. The summed E-state index contributed by atoms with van der Waals surface area (Å²) in [7, 11) is -1.48. The lowest BCUT2D eigenvalue weighted by Gasteiger charge is -2.29. The van der Waals surface area contributed by atoms with E-state index in [4.69, 9.17) is 22.3 Å². The first kappa shape index (κ1) is 40.1. The number of nitrogens with zero attached hydrogens (tertiary/aromatic N) is 5. The van der Waals surface area contributed by atoms with Crippen molar-refractivity contribution in [1.82, 2.24) is 29.3 Å². The summed E-state index contributed by atoms with van der Waals surface area (Å²) in [6.45, 7) is 2.80. The first-order chi connectivity index (χ1) is 26.6. The number of alkyl halides is 4. The average molecular weight is 835 g/mol. The normalized spacial score (nSPS) is 18.2.